The molecule has 0 spiro atoms. The summed E-state index contributed by atoms with van der Waals surface area (Å²) in [6, 6.07) is 26.3. The predicted molar refractivity (Wildman–Crippen MR) is 144 cm³/mol. The van der Waals surface area contributed by atoms with Crippen LogP contribution in [0.5, 0.6) is 5.75 Å². The molecule has 7 nitrogen and oxygen atoms in total. The maximum atomic E-state index is 13.5. The van der Waals surface area contributed by atoms with Crippen LogP contribution in [0.3, 0.4) is 0 Å². The molecular weight excluding hydrogens is 523 g/mol. The Bertz CT molecular complexity index is 1630. The van der Waals surface area contributed by atoms with Crippen molar-refractivity contribution in [2.45, 2.75) is 31.6 Å². The van der Waals surface area contributed by atoms with Gasteiger partial charge in [0.05, 0.1) is 7.11 Å². The molecule has 1 unspecified atom stereocenters. The number of halogens is 3. The number of aryl methyl sites for hydroxylation is 1. The van der Waals surface area contributed by atoms with Crippen LogP contribution in [-0.4, -0.2) is 35.5 Å². The van der Waals surface area contributed by atoms with Gasteiger partial charge in [0.25, 0.3) is 5.56 Å². The van der Waals surface area contributed by atoms with Gasteiger partial charge >= 0.3 is 12.1 Å². The molecule has 0 saturated carbocycles. The highest BCUT2D eigenvalue weighted by Gasteiger charge is 2.38. The summed E-state index contributed by atoms with van der Waals surface area (Å²) in [5.74, 6) is -2.10. The zero-order chi connectivity index (χ0) is 28.9. The summed E-state index contributed by atoms with van der Waals surface area (Å²) in [6.07, 6.45) is -2.97. The van der Waals surface area contributed by atoms with Gasteiger partial charge in [0.15, 0.2) is 0 Å². The lowest BCUT2D eigenvalue weighted by Crippen LogP contribution is -2.30. The number of ether oxygens (including phenoxy) is 1. The molecule has 2 N–H and O–H groups in total. The Labute approximate surface area is 228 Å². The standard InChI is InChI=1S/C28H25N3O2.C2HF3O2/c1-33-21-12-13-23-24(17-21)27(20-8-3-2-4-9-20)26(18-29)31(28(23)32)16-15-30-25-14-11-19-7-5-6-10-22(19)25;3-2(4,5)1(6)7/h2-10,12-13,17,25,30H,11,14-16H2,1H3;(H,6,7). The molecule has 1 aliphatic rings. The Morgan fingerprint density at radius 1 is 1.10 bits per heavy atom. The van der Waals surface area contributed by atoms with E-state index in [0.717, 1.165) is 29.4 Å². The van der Waals surface area contributed by atoms with Crippen LogP contribution in [0, 0.1) is 11.3 Å². The summed E-state index contributed by atoms with van der Waals surface area (Å²) in [5, 5.41) is 22.2. The minimum atomic E-state index is -5.08. The van der Waals surface area contributed by atoms with Gasteiger partial charge in [0.2, 0.25) is 0 Å². The van der Waals surface area contributed by atoms with Crippen molar-refractivity contribution in [2.75, 3.05) is 13.7 Å². The number of fused-ring (bicyclic) bond motifs is 2. The fraction of sp³-hybridized carbons (Fsp3) is 0.233. The number of carboxylic acids is 1. The van der Waals surface area contributed by atoms with Crippen LogP contribution in [0.2, 0.25) is 0 Å². The molecular formula is C30H26F3N3O4. The van der Waals surface area contributed by atoms with Crippen molar-refractivity contribution in [1.82, 2.24) is 9.88 Å². The monoisotopic (exact) mass is 549 g/mol. The van der Waals surface area contributed by atoms with Crippen molar-refractivity contribution in [3.63, 3.8) is 0 Å². The largest absolute Gasteiger partial charge is 0.497 e. The Morgan fingerprint density at radius 3 is 2.42 bits per heavy atom. The van der Waals surface area contributed by atoms with E-state index in [-0.39, 0.29) is 11.6 Å². The third kappa shape index (κ3) is 6.00. The number of benzene rings is 3. The van der Waals surface area contributed by atoms with E-state index >= 15 is 0 Å². The van der Waals surface area contributed by atoms with E-state index in [0.29, 0.717) is 29.9 Å². The average molecular weight is 550 g/mol. The van der Waals surface area contributed by atoms with Gasteiger partial charge in [-0.2, -0.15) is 18.4 Å². The van der Waals surface area contributed by atoms with Gasteiger partial charge in [-0.25, -0.2) is 4.79 Å². The second-order valence-electron chi connectivity index (χ2n) is 9.12. The van der Waals surface area contributed by atoms with Crippen LogP contribution >= 0.6 is 0 Å². The first-order chi connectivity index (χ1) is 19.2. The highest BCUT2D eigenvalue weighted by molar-refractivity contribution is 5.99. The van der Waals surface area contributed by atoms with Gasteiger partial charge in [-0.3, -0.25) is 9.36 Å². The highest BCUT2D eigenvalue weighted by atomic mass is 19.4. The number of nitrogens with one attached hydrogen (secondary N) is 1. The Hall–Kier alpha value is -4.62. The molecule has 40 heavy (non-hydrogen) atoms. The second kappa shape index (κ2) is 12.1. The van der Waals surface area contributed by atoms with Crippen molar-refractivity contribution in [3.05, 3.63) is 100.0 Å². The van der Waals surface area contributed by atoms with Gasteiger partial charge in [-0.15, -0.1) is 0 Å². The number of aromatic nitrogens is 1. The fourth-order valence-electron chi connectivity index (χ4n) is 4.90. The normalized spacial score (nSPS) is 14.1. The number of pyridine rings is 1. The van der Waals surface area contributed by atoms with Crippen LogP contribution in [0.25, 0.3) is 21.9 Å². The summed E-state index contributed by atoms with van der Waals surface area (Å²) in [6.45, 7) is 1.02. The van der Waals surface area contributed by atoms with E-state index in [4.69, 9.17) is 14.6 Å². The molecule has 0 amide bonds. The number of hydrogen-bond donors (Lipinski definition) is 2. The summed E-state index contributed by atoms with van der Waals surface area (Å²) < 4.78 is 38.8. The number of nitrogens with zero attached hydrogens (tertiary/aromatic N) is 2. The van der Waals surface area contributed by atoms with Crippen LogP contribution < -0.4 is 15.6 Å². The first-order valence-electron chi connectivity index (χ1n) is 12.5. The third-order valence-corrected chi connectivity index (χ3v) is 6.75. The minimum absolute atomic E-state index is 0.155. The molecule has 1 heterocycles. The molecule has 1 atom stereocenters. The zero-order valence-corrected chi connectivity index (χ0v) is 21.5. The number of hydrogen-bond acceptors (Lipinski definition) is 5. The van der Waals surface area contributed by atoms with E-state index < -0.39 is 12.1 Å². The maximum absolute atomic E-state index is 13.5. The topological polar surface area (TPSA) is 104 Å². The minimum Gasteiger partial charge on any atom is -0.497 e. The molecule has 0 aliphatic heterocycles. The fourth-order valence-corrected chi connectivity index (χ4v) is 4.90. The molecule has 3 aromatic carbocycles. The second-order valence-corrected chi connectivity index (χ2v) is 9.12. The Balaban J connectivity index is 0.000000470. The number of aliphatic carboxylic acids is 1. The summed E-state index contributed by atoms with van der Waals surface area (Å²) in [4.78, 5) is 22.4. The first-order valence-corrected chi connectivity index (χ1v) is 12.5. The third-order valence-electron chi connectivity index (χ3n) is 6.75. The van der Waals surface area contributed by atoms with Crippen molar-refractivity contribution in [3.8, 4) is 22.9 Å². The van der Waals surface area contributed by atoms with Gasteiger partial charge in [-0.1, -0.05) is 54.6 Å². The molecule has 4 aromatic rings. The Kier molecular flexibility index (Phi) is 8.55. The van der Waals surface area contributed by atoms with E-state index in [9.17, 15) is 23.2 Å². The number of alkyl halides is 3. The van der Waals surface area contributed by atoms with Crippen molar-refractivity contribution >= 4 is 16.7 Å². The van der Waals surface area contributed by atoms with Gasteiger partial charge in [0, 0.05) is 35.5 Å². The number of carboxylic acid groups (broad SMARTS) is 1. The molecule has 5 rings (SSSR count). The SMILES string of the molecule is COc1ccc2c(=O)n(CCNC3CCc4ccccc43)c(C#N)c(-c3ccccc3)c2c1.O=C(O)C(F)(F)F. The van der Waals surface area contributed by atoms with E-state index in [1.807, 2.05) is 36.4 Å². The van der Waals surface area contributed by atoms with E-state index in [1.54, 1.807) is 23.8 Å². The molecule has 0 bridgehead atoms. The van der Waals surface area contributed by atoms with E-state index in [2.05, 4.69) is 35.7 Å². The van der Waals surface area contributed by atoms with Crippen LogP contribution in [0.4, 0.5) is 13.2 Å². The smallest absolute Gasteiger partial charge is 0.490 e. The molecule has 1 aromatic heterocycles. The average Bonchev–Trinajstić information content (AvgIpc) is 3.37. The number of carbonyl (C=O) groups is 1. The predicted octanol–water partition coefficient (Wildman–Crippen LogP) is 5.46. The van der Waals surface area contributed by atoms with Gasteiger partial charge in [0.1, 0.15) is 17.5 Å². The summed E-state index contributed by atoms with van der Waals surface area (Å²) >= 11 is 0. The quantitative estimate of drug-likeness (QED) is 0.331. The summed E-state index contributed by atoms with van der Waals surface area (Å²) in [5.41, 5.74) is 4.60. The molecule has 0 saturated heterocycles. The van der Waals surface area contributed by atoms with Gasteiger partial charge in [-0.05, 0) is 47.7 Å². The van der Waals surface area contributed by atoms with Crippen molar-refractivity contribution < 1.29 is 27.8 Å². The van der Waals surface area contributed by atoms with Crippen LogP contribution in [-0.2, 0) is 17.8 Å². The first kappa shape index (κ1) is 28.4. The van der Waals surface area contributed by atoms with Crippen molar-refractivity contribution in [2.24, 2.45) is 0 Å². The lowest BCUT2D eigenvalue weighted by atomic mass is 9.97. The number of methoxy groups -OCH3 is 1. The van der Waals surface area contributed by atoms with Crippen molar-refractivity contribution in [1.29, 1.82) is 5.26 Å². The van der Waals surface area contributed by atoms with E-state index in [1.165, 1.54) is 11.1 Å². The molecule has 0 radical (unpaired) electrons. The number of nitriles is 1. The lowest BCUT2D eigenvalue weighted by Gasteiger charge is -2.18. The maximum Gasteiger partial charge on any atom is 0.490 e. The molecule has 0 fully saturated rings. The molecule has 206 valence electrons. The molecule has 1 aliphatic carbocycles. The summed E-state index contributed by atoms with van der Waals surface area (Å²) in [7, 11) is 1.60. The van der Waals surface area contributed by atoms with Crippen LogP contribution in [0.15, 0.2) is 77.6 Å². The highest BCUT2D eigenvalue weighted by Crippen LogP contribution is 2.33. The van der Waals surface area contributed by atoms with Crippen LogP contribution in [0.1, 0.15) is 29.3 Å². The Morgan fingerprint density at radius 2 is 1.77 bits per heavy atom. The van der Waals surface area contributed by atoms with Gasteiger partial charge < -0.3 is 15.2 Å². The zero-order valence-electron chi connectivity index (χ0n) is 21.5. The molecule has 10 heteroatoms. The lowest BCUT2D eigenvalue weighted by molar-refractivity contribution is -0.192. The number of rotatable bonds is 6.